The predicted octanol–water partition coefficient (Wildman–Crippen LogP) is 6.28. The first-order chi connectivity index (χ1) is 14.7. The summed E-state index contributed by atoms with van der Waals surface area (Å²) in [4.78, 5) is 0. The van der Waals surface area contributed by atoms with Crippen molar-refractivity contribution in [2.24, 2.45) is 0 Å². The molecular weight excluding hydrogens is 370 g/mol. The van der Waals surface area contributed by atoms with Crippen LogP contribution >= 0.6 is 0 Å². The van der Waals surface area contributed by atoms with Crippen molar-refractivity contribution in [3.63, 3.8) is 0 Å². The lowest BCUT2D eigenvalue weighted by atomic mass is 9.92. The molecule has 1 aliphatic heterocycles. The summed E-state index contributed by atoms with van der Waals surface area (Å²) in [5.74, 6) is 2.03. The van der Waals surface area contributed by atoms with Gasteiger partial charge in [0.1, 0.15) is 17.6 Å². The first-order valence-electron chi connectivity index (χ1n) is 12.0. The van der Waals surface area contributed by atoms with Crippen LogP contribution in [0, 0.1) is 6.92 Å². The Balaban J connectivity index is 1.16. The summed E-state index contributed by atoms with van der Waals surface area (Å²) in [7, 11) is 0. The largest absolute Gasteiger partial charge is 0.490 e. The molecule has 0 saturated heterocycles. The Hall–Kier alpha value is -2.00. The maximum atomic E-state index is 6.39. The van der Waals surface area contributed by atoms with Gasteiger partial charge in [0, 0.05) is 12.1 Å². The summed E-state index contributed by atoms with van der Waals surface area (Å²) in [6, 6.07) is 16.5. The lowest BCUT2D eigenvalue weighted by Crippen LogP contribution is -2.40. The molecule has 2 aliphatic carbocycles. The minimum atomic E-state index is 0.160. The van der Waals surface area contributed by atoms with Crippen LogP contribution in [-0.4, -0.2) is 18.2 Å². The first-order valence-corrected chi connectivity index (χ1v) is 12.0. The molecule has 0 bridgehead atoms. The zero-order valence-electron chi connectivity index (χ0n) is 18.2. The molecule has 0 spiro atoms. The Labute approximate surface area is 181 Å². The molecule has 3 aliphatic rings. The van der Waals surface area contributed by atoms with E-state index in [0.29, 0.717) is 12.1 Å². The fourth-order valence-electron chi connectivity index (χ4n) is 5.57. The molecule has 3 heteroatoms. The highest BCUT2D eigenvalue weighted by Crippen LogP contribution is 2.38. The molecule has 1 atom stereocenters. The van der Waals surface area contributed by atoms with Gasteiger partial charge in [-0.05, 0) is 93.2 Å². The zero-order chi connectivity index (χ0) is 20.3. The van der Waals surface area contributed by atoms with Crippen LogP contribution in [0.25, 0.3) is 0 Å². The summed E-state index contributed by atoms with van der Waals surface area (Å²) in [5, 5.41) is 3.89. The van der Waals surface area contributed by atoms with Crippen LogP contribution < -0.4 is 14.8 Å². The van der Waals surface area contributed by atoms with Gasteiger partial charge in [0.05, 0.1) is 6.10 Å². The van der Waals surface area contributed by atoms with E-state index in [4.69, 9.17) is 9.47 Å². The van der Waals surface area contributed by atoms with Crippen LogP contribution in [0.4, 0.5) is 0 Å². The van der Waals surface area contributed by atoms with E-state index < -0.39 is 0 Å². The van der Waals surface area contributed by atoms with Gasteiger partial charge in [0.15, 0.2) is 0 Å². The van der Waals surface area contributed by atoms with E-state index in [0.717, 1.165) is 43.2 Å². The molecular formula is C27H35NO2. The maximum absolute atomic E-state index is 6.39. The number of rotatable bonds is 5. The summed E-state index contributed by atoms with van der Waals surface area (Å²) < 4.78 is 12.7. The molecule has 1 N–H and O–H groups in total. The molecule has 0 aromatic heterocycles. The smallest absolute Gasteiger partial charge is 0.124 e. The van der Waals surface area contributed by atoms with Gasteiger partial charge in [-0.2, -0.15) is 0 Å². The van der Waals surface area contributed by atoms with Gasteiger partial charge >= 0.3 is 0 Å². The quantitative estimate of drug-likeness (QED) is 0.635. The van der Waals surface area contributed by atoms with Crippen molar-refractivity contribution in [1.29, 1.82) is 0 Å². The molecule has 0 radical (unpaired) electrons. The van der Waals surface area contributed by atoms with E-state index in [2.05, 4.69) is 54.7 Å². The Bertz CT molecular complexity index is 850. The lowest BCUT2D eigenvalue weighted by molar-refractivity contribution is 0.135. The van der Waals surface area contributed by atoms with Gasteiger partial charge in [0.25, 0.3) is 0 Å². The van der Waals surface area contributed by atoms with Gasteiger partial charge in [-0.1, -0.05) is 37.1 Å². The highest BCUT2D eigenvalue weighted by Gasteiger charge is 2.27. The van der Waals surface area contributed by atoms with Crippen molar-refractivity contribution in [3.05, 3.63) is 59.2 Å². The second-order valence-corrected chi connectivity index (χ2v) is 9.51. The van der Waals surface area contributed by atoms with E-state index in [-0.39, 0.29) is 6.10 Å². The van der Waals surface area contributed by atoms with Crippen molar-refractivity contribution in [2.75, 3.05) is 0 Å². The predicted molar refractivity (Wildman–Crippen MR) is 121 cm³/mol. The number of nitrogens with one attached hydrogen (secondary N) is 1. The minimum Gasteiger partial charge on any atom is -0.490 e. The summed E-state index contributed by atoms with van der Waals surface area (Å²) in [5.41, 5.74) is 3.91. The van der Waals surface area contributed by atoms with E-state index in [1.165, 1.54) is 55.2 Å². The van der Waals surface area contributed by atoms with E-state index in [1.807, 2.05) is 0 Å². The van der Waals surface area contributed by atoms with Crippen LogP contribution in [0.5, 0.6) is 11.5 Å². The minimum absolute atomic E-state index is 0.160. The average molecular weight is 406 g/mol. The Morgan fingerprint density at radius 1 is 0.867 bits per heavy atom. The fraction of sp³-hybridized carbons (Fsp3) is 0.556. The van der Waals surface area contributed by atoms with Gasteiger partial charge in [-0.25, -0.2) is 0 Å². The van der Waals surface area contributed by atoms with Crippen LogP contribution in [0.2, 0.25) is 0 Å². The first kappa shape index (κ1) is 19.9. The number of fused-ring (bicyclic) bond motifs is 1. The third-order valence-corrected chi connectivity index (χ3v) is 7.32. The Morgan fingerprint density at radius 3 is 2.43 bits per heavy atom. The van der Waals surface area contributed by atoms with Gasteiger partial charge in [-0.3, -0.25) is 0 Å². The number of hydrogen-bond donors (Lipinski definition) is 1. The number of hydrogen-bond acceptors (Lipinski definition) is 3. The maximum Gasteiger partial charge on any atom is 0.124 e. The van der Waals surface area contributed by atoms with Crippen LogP contribution in [-0.2, 0) is 6.42 Å². The number of ether oxygens (including phenoxy) is 2. The highest BCUT2D eigenvalue weighted by atomic mass is 16.5. The molecule has 2 saturated carbocycles. The molecule has 2 fully saturated rings. The third-order valence-electron chi connectivity index (χ3n) is 7.32. The van der Waals surface area contributed by atoms with Crippen LogP contribution in [0.15, 0.2) is 42.5 Å². The molecule has 0 amide bonds. The Morgan fingerprint density at radius 2 is 1.63 bits per heavy atom. The van der Waals surface area contributed by atoms with Gasteiger partial charge in [0.2, 0.25) is 0 Å². The fourth-order valence-corrected chi connectivity index (χ4v) is 5.57. The number of benzene rings is 2. The van der Waals surface area contributed by atoms with Crippen molar-refractivity contribution < 1.29 is 9.47 Å². The normalized spacial score (nSPS) is 26.8. The molecule has 1 unspecified atom stereocenters. The van der Waals surface area contributed by atoms with Gasteiger partial charge < -0.3 is 14.8 Å². The van der Waals surface area contributed by atoms with Crippen molar-refractivity contribution in [1.82, 2.24) is 5.32 Å². The number of aryl methyl sites for hydroxylation is 2. The second-order valence-electron chi connectivity index (χ2n) is 9.51. The molecule has 2 aromatic carbocycles. The van der Waals surface area contributed by atoms with E-state index in [9.17, 15) is 0 Å². The van der Waals surface area contributed by atoms with Crippen molar-refractivity contribution in [3.8, 4) is 11.5 Å². The van der Waals surface area contributed by atoms with E-state index >= 15 is 0 Å². The monoisotopic (exact) mass is 405 g/mol. The summed E-state index contributed by atoms with van der Waals surface area (Å²) in [6.45, 7) is 2.17. The second kappa shape index (κ2) is 9.01. The average Bonchev–Trinajstić information content (AvgIpc) is 3.28. The van der Waals surface area contributed by atoms with E-state index in [1.54, 1.807) is 0 Å². The SMILES string of the molecule is Cc1ccccc1C1CCc2cc(OC3CCC(NC4CCCC4)CC3)ccc2O1. The van der Waals surface area contributed by atoms with Crippen LogP contribution in [0.1, 0.15) is 80.6 Å². The molecule has 30 heavy (non-hydrogen) atoms. The van der Waals surface area contributed by atoms with Crippen LogP contribution in [0.3, 0.4) is 0 Å². The third kappa shape index (κ3) is 4.51. The standard InChI is InChI=1S/C27H35NO2/c1-19-6-2-5-9-25(19)27-16-10-20-18-24(15-17-26(20)30-27)29-23-13-11-22(12-14-23)28-21-7-3-4-8-21/h2,5-6,9,15,17-18,21-23,27-28H,3-4,7-8,10-14,16H2,1H3. The van der Waals surface area contributed by atoms with Gasteiger partial charge in [-0.15, -0.1) is 0 Å². The molecule has 2 aromatic rings. The zero-order valence-corrected chi connectivity index (χ0v) is 18.2. The highest BCUT2D eigenvalue weighted by molar-refractivity contribution is 5.43. The topological polar surface area (TPSA) is 30.5 Å². The molecule has 3 nitrogen and oxygen atoms in total. The Kier molecular flexibility index (Phi) is 5.99. The molecule has 160 valence electrons. The lowest BCUT2D eigenvalue weighted by Gasteiger charge is -2.32. The molecule has 5 rings (SSSR count). The molecule has 1 heterocycles. The van der Waals surface area contributed by atoms with Crippen molar-refractivity contribution >= 4 is 0 Å². The summed E-state index contributed by atoms with van der Waals surface area (Å²) in [6.07, 6.45) is 13.0. The van der Waals surface area contributed by atoms with Crippen molar-refractivity contribution in [2.45, 2.75) is 95.4 Å². The summed E-state index contributed by atoms with van der Waals surface area (Å²) >= 11 is 0.